The molecule has 0 radical (unpaired) electrons. The molecule has 0 bridgehead atoms. The first kappa shape index (κ1) is 31.8. The number of carbonyl (C=O) groups is 3. The number of hydrogen-bond donors (Lipinski definition) is 4. The van der Waals surface area contributed by atoms with Gasteiger partial charge in [-0.25, -0.2) is 14.6 Å². The Morgan fingerprint density at radius 3 is 2.68 bits per heavy atom. The van der Waals surface area contributed by atoms with E-state index in [1.54, 1.807) is 25.3 Å². The van der Waals surface area contributed by atoms with Gasteiger partial charge in [0.05, 0.1) is 49.3 Å². The Morgan fingerprint density at radius 2 is 1.90 bits per heavy atom. The van der Waals surface area contributed by atoms with E-state index in [1.165, 1.54) is 18.5 Å². The predicted octanol–water partition coefficient (Wildman–Crippen LogP) is 3.62. The molecular formula is C26H29Cl2N5O8. The van der Waals surface area contributed by atoms with E-state index >= 15 is 0 Å². The maximum Gasteiger partial charge on any atom is 0.407 e. The molecule has 0 fully saturated rings. The van der Waals surface area contributed by atoms with Gasteiger partial charge >= 0.3 is 12.1 Å². The Bertz CT molecular complexity index is 1320. The minimum absolute atomic E-state index is 0.0294. The second-order valence-electron chi connectivity index (χ2n) is 8.35. The van der Waals surface area contributed by atoms with E-state index in [-0.39, 0.29) is 49.9 Å². The number of carbonyl (C=O) groups excluding carboxylic acids is 2. The summed E-state index contributed by atoms with van der Waals surface area (Å²) in [7, 11) is 1.55. The van der Waals surface area contributed by atoms with Crippen LogP contribution in [-0.4, -0.2) is 79.2 Å². The number of carboxylic acids is 1. The largest absolute Gasteiger partial charge is 0.478 e. The minimum Gasteiger partial charge on any atom is -0.478 e. The highest BCUT2D eigenvalue weighted by molar-refractivity contribution is 6.35. The summed E-state index contributed by atoms with van der Waals surface area (Å²) in [6, 6.07) is 5.40. The lowest BCUT2D eigenvalue weighted by Crippen LogP contribution is -2.43. The van der Waals surface area contributed by atoms with Gasteiger partial charge < -0.3 is 34.4 Å². The Kier molecular flexibility index (Phi) is 12.8. The van der Waals surface area contributed by atoms with Crippen LogP contribution in [0.25, 0.3) is 11.3 Å². The van der Waals surface area contributed by atoms with Crippen LogP contribution in [0.4, 0.5) is 10.5 Å². The first-order valence-corrected chi connectivity index (χ1v) is 13.1. The minimum atomic E-state index is -1.25. The summed E-state index contributed by atoms with van der Waals surface area (Å²) in [6.45, 7) is 1.15. The molecule has 2 aromatic heterocycles. The fourth-order valence-corrected chi connectivity index (χ4v) is 3.82. The van der Waals surface area contributed by atoms with E-state index in [0.29, 0.717) is 34.6 Å². The van der Waals surface area contributed by atoms with Gasteiger partial charge in [-0.2, -0.15) is 0 Å². The standard InChI is InChI=1S/C26H29Cl2N5O8/c1-38-8-9-39-10-11-40-26(37)30-7-5-21(24(34)33-20-4-6-29-13-18(20)25(35)36)31-15-23-32-14-22(41-23)17-12-16(27)2-3-19(17)28/h2-4,6,12-14,21,31H,5,7-11,15H2,1H3,(H,30,37)(H,35,36)(H,29,33,34). The number of rotatable bonds is 16. The zero-order valence-corrected chi connectivity index (χ0v) is 23.5. The maximum atomic E-state index is 13.1. The molecule has 13 nitrogen and oxygen atoms in total. The van der Waals surface area contributed by atoms with Crippen molar-refractivity contribution in [2.75, 3.05) is 45.4 Å². The molecule has 0 saturated carbocycles. The highest BCUT2D eigenvalue weighted by Gasteiger charge is 2.22. The van der Waals surface area contributed by atoms with Gasteiger partial charge in [0.25, 0.3) is 0 Å². The number of methoxy groups -OCH3 is 1. The van der Waals surface area contributed by atoms with Crippen molar-refractivity contribution in [1.29, 1.82) is 0 Å². The number of carboxylic acid groups (broad SMARTS) is 1. The average molecular weight is 610 g/mol. The zero-order chi connectivity index (χ0) is 29.6. The molecule has 0 aliphatic heterocycles. The Hall–Kier alpha value is -3.75. The fourth-order valence-electron chi connectivity index (χ4n) is 3.44. The number of pyridine rings is 1. The lowest BCUT2D eigenvalue weighted by molar-refractivity contribution is -0.118. The summed E-state index contributed by atoms with van der Waals surface area (Å²) in [5, 5.41) is 18.5. The number of oxazole rings is 1. The Morgan fingerprint density at radius 1 is 1.10 bits per heavy atom. The van der Waals surface area contributed by atoms with E-state index in [4.69, 9.17) is 41.8 Å². The van der Waals surface area contributed by atoms with E-state index in [0.717, 1.165) is 6.20 Å². The molecule has 1 atom stereocenters. The van der Waals surface area contributed by atoms with E-state index in [2.05, 4.69) is 25.9 Å². The van der Waals surface area contributed by atoms with Crippen LogP contribution in [0.1, 0.15) is 22.7 Å². The van der Waals surface area contributed by atoms with Gasteiger partial charge in [-0.05, 0) is 30.7 Å². The molecule has 4 N–H and O–H groups in total. The lowest BCUT2D eigenvalue weighted by Gasteiger charge is -2.18. The molecule has 1 unspecified atom stereocenters. The lowest BCUT2D eigenvalue weighted by atomic mass is 10.1. The van der Waals surface area contributed by atoms with Crippen molar-refractivity contribution in [2.24, 2.45) is 0 Å². The molecule has 220 valence electrons. The van der Waals surface area contributed by atoms with E-state index < -0.39 is 24.0 Å². The summed E-state index contributed by atoms with van der Waals surface area (Å²) < 4.78 is 20.9. The third-order valence-electron chi connectivity index (χ3n) is 5.47. The smallest absolute Gasteiger partial charge is 0.407 e. The number of hydrogen-bond acceptors (Lipinski definition) is 10. The van der Waals surface area contributed by atoms with Gasteiger partial charge in [0.2, 0.25) is 11.8 Å². The monoisotopic (exact) mass is 609 g/mol. The third-order valence-corrected chi connectivity index (χ3v) is 6.03. The highest BCUT2D eigenvalue weighted by atomic mass is 35.5. The summed E-state index contributed by atoms with van der Waals surface area (Å²) in [4.78, 5) is 44.7. The van der Waals surface area contributed by atoms with Crippen molar-refractivity contribution in [3.05, 3.63) is 64.4 Å². The number of aromatic nitrogens is 2. The number of benzene rings is 1. The quantitative estimate of drug-likeness (QED) is 0.174. The Labute approximate surface area is 245 Å². The number of halogens is 2. The predicted molar refractivity (Wildman–Crippen MR) is 149 cm³/mol. The van der Waals surface area contributed by atoms with Crippen LogP contribution < -0.4 is 16.0 Å². The molecule has 0 aliphatic carbocycles. The number of anilines is 1. The van der Waals surface area contributed by atoms with Crippen LogP contribution in [0.5, 0.6) is 0 Å². The van der Waals surface area contributed by atoms with Gasteiger partial charge in [0, 0.05) is 36.6 Å². The maximum absolute atomic E-state index is 13.1. The molecule has 3 rings (SSSR count). The number of nitrogens with one attached hydrogen (secondary N) is 3. The van der Waals surface area contributed by atoms with E-state index in [1.807, 2.05) is 0 Å². The number of alkyl carbamates (subject to hydrolysis) is 1. The molecular weight excluding hydrogens is 581 g/mol. The van der Waals surface area contributed by atoms with Crippen molar-refractivity contribution in [3.63, 3.8) is 0 Å². The normalized spacial score (nSPS) is 11.6. The molecule has 1 aromatic carbocycles. The molecule has 0 aliphatic rings. The van der Waals surface area contributed by atoms with Crippen LogP contribution in [0.2, 0.25) is 10.0 Å². The van der Waals surface area contributed by atoms with Crippen LogP contribution in [-0.2, 0) is 25.5 Å². The van der Waals surface area contributed by atoms with Gasteiger partial charge in [-0.1, -0.05) is 23.2 Å². The topological polar surface area (TPSA) is 174 Å². The molecule has 41 heavy (non-hydrogen) atoms. The summed E-state index contributed by atoms with van der Waals surface area (Å²) in [6.07, 6.45) is 3.41. The van der Waals surface area contributed by atoms with Gasteiger partial charge in [0.1, 0.15) is 12.2 Å². The SMILES string of the molecule is COCCOCCOC(=O)NCCC(NCc1ncc(-c2cc(Cl)ccc2Cl)o1)C(=O)Nc1ccncc1C(=O)O. The average Bonchev–Trinajstić information content (AvgIpc) is 3.42. The van der Waals surface area contributed by atoms with E-state index in [9.17, 15) is 19.5 Å². The van der Waals surface area contributed by atoms with Crippen molar-refractivity contribution < 1.29 is 38.1 Å². The first-order valence-electron chi connectivity index (χ1n) is 12.4. The number of nitrogens with zero attached hydrogens (tertiary/aromatic N) is 2. The second-order valence-corrected chi connectivity index (χ2v) is 9.19. The summed E-state index contributed by atoms with van der Waals surface area (Å²) in [5.74, 6) is -1.16. The van der Waals surface area contributed by atoms with Crippen molar-refractivity contribution in [2.45, 2.75) is 19.0 Å². The summed E-state index contributed by atoms with van der Waals surface area (Å²) >= 11 is 12.3. The molecule has 2 heterocycles. The van der Waals surface area contributed by atoms with Crippen LogP contribution >= 0.6 is 23.2 Å². The van der Waals surface area contributed by atoms with Gasteiger partial charge in [-0.3, -0.25) is 15.1 Å². The van der Waals surface area contributed by atoms with Crippen molar-refractivity contribution in [3.8, 4) is 11.3 Å². The summed E-state index contributed by atoms with van der Waals surface area (Å²) in [5.41, 5.74) is 0.446. The van der Waals surface area contributed by atoms with Crippen LogP contribution in [0.15, 0.2) is 47.3 Å². The van der Waals surface area contributed by atoms with Gasteiger partial charge in [-0.15, -0.1) is 0 Å². The fraction of sp³-hybridized carbons (Fsp3) is 0.346. The second kappa shape index (κ2) is 16.5. The number of amides is 2. The molecule has 2 amide bonds. The third kappa shape index (κ3) is 10.3. The van der Waals surface area contributed by atoms with Crippen molar-refractivity contribution in [1.82, 2.24) is 20.6 Å². The zero-order valence-electron chi connectivity index (χ0n) is 22.0. The highest BCUT2D eigenvalue weighted by Crippen LogP contribution is 2.31. The first-order chi connectivity index (χ1) is 19.8. The van der Waals surface area contributed by atoms with Crippen LogP contribution in [0, 0.1) is 0 Å². The molecule has 0 spiro atoms. The van der Waals surface area contributed by atoms with Gasteiger partial charge in [0.15, 0.2) is 5.76 Å². The van der Waals surface area contributed by atoms with Crippen molar-refractivity contribution >= 4 is 46.9 Å². The van der Waals surface area contributed by atoms with Crippen LogP contribution in [0.3, 0.4) is 0 Å². The number of aromatic carboxylic acids is 1. The number of ether oxygens (including phenoxy) is 3. The molecule has 3 aromatic rings. The molecule has 0 saturated heterocycles. The Balaban J connectivity index is 1.62. The molecule has 15 heteroatoms.